The van der Waals surface area contributed by atoms with Crippen LogP contribution in [-0.4, -0.2) is 38.9 Å². The van der Waals surface area contributed by atoms with Crippen molar-refractivity contribution in [3.05, 3.63) is 106 Å². The average Bonchev–Trinajstić information content (AvgIpc) is 3.41. The van der Waals surface area contributed by atoms with Gasteiger partial charge < -0.3 is 14.6 Å². The second-order valence-electron chi connectivity index (χ2n) is 10.1. The topological polar surface area (TPSA) is 112 Å². The summed E-state index contributed by atoms with van der Waals surface area (Å²) >= 11 is 7.98. The minimum atomic E-state index is -4.91. The third kappa shape index (κ3) is 5.64. The molecule has 5 rings (SSSR count). The molecule has 0 fully saturated rings. The summed E-state index contributed by atoms with van der Waals surface area (Å²) in [5.74, 6) is -0.408. The van der Waals surface area contributed by atoms with Gasteiger partial charge in [0, 0.05) is 31.9 Å². The van der Waals surface area contributed by atoms with Gasteiger partial charge in [0.2, 0.25) is 10.0 Å². The molecular weight excluding hydrogens is 637 g/mol. The van der Waals surface area contributed by atoms with Gasteiger partial charge in [0.15, 0.2) is 17.1 Å². The third-order valence-corrected chi connectivity index (χ3v) is 9.92. The predicted octanol–water partition coefficient (Wildman–Crippen LogP) is 7.23. The largest absolute Gasteiger partial charge is 0.493 e. The van der Waals surface area contributed by atoms with Gasteiger partial charge in [0.1, 0.15) is 0 Å². The molecular formula is C31H26ClF3N2O5S2. The minimum absolute atomic E-state index is 0.144. The second-order valence-corrected chi connectivity index (χ2v) is 13.1. The number of nitrogens with zero attached hydrogens (tertiary/aromatic N) is 1. The van der Waals surface area contributed by atoms with E-state index in [9.17, 15) is 26.7 Å². The first-order valence-corrected chi connectivity index (χ1v) is 15.7. The number of nitrogens with two attached hydrogens (primary N) is 1. The van der Waals surface area contributed by atoms with Crippen molar-refractivity contribution in [2.45, 2.75) is 29.5 Å². The molecule has 0 amide bonds. The number of thiophene rings is 1. The van der Waals surface area contributed by atoms with Crippen molar-refractivity contribution in [2.24, 2.45) is 5.14 Å². The number of sulfonamides is 1. The van der Waals surface area contributed by atoms with E-state index in [1.165, 1.54) is 50.0 Å². The van der Waals surface area contributed by atoms with E-state index in [0.717, 1.165) is 6.07 Å². The lowest BCUT2D eigenvalue weighted by molar-refractivity contribution is -0.258. The molecule has 0 saturated carbocycles. The maximum absolute atomic E-state index is 13.6. The van der Waals surface area contributed by atoms with E-state index in [-0.39, 0.29) is 33.2 Å². The van der Waals surface area contributed by atoms with Crippen LogP contribution in [0, 0.1) is 0 Å². The van der Waals surface area contributed by atoms with E-state index in [1.54, 1.807) is 36.4 Å². The molecule has 0 aliphatic rings. The van der Waals surface area contributed by atoms with Crippen LogP contribution in [-0.2, 0) is 15.6 Å². The third-order valence-electron chi connectivity index (χ3n) is 7.35. The zero-order valence-electron chi connectivity index (χ0n) is 23.5. The summed E-state index contributed by atoms with van der Waals surface area (Å²) in [5, 5.41) is 17.1. The van der Waals surface area contributed by atoms with Gasteiger partial charge in [-0.2, -0.15) is 13.2 Å². The minimum Gasteiger partial charge on any atom is -0.493 e. The Balaban J connectivity index is 1.80. The normalized spacial score (nSPS) is 14.3. The SMILES string of the molecule is COc1ccc(S(N)(=O)=O)c([C@@H](c2cc3cccc(-c4cc([C@](C)(O)C(F)(F)F)ccn4)c3s2)c2ccccc2Cl)c1OC. The van der Waals surface area contributed by atoms with E-state index >= 15 is 0 Å². The van der Waals surface area contributed by atoms with Gasteiger partial charge in [0.05, 0.1) is 30.7 Å². The number of aliphatic hydroxyl groups is 1. The van der Waals surface area contributed by atoms with Gasteiger partial charge >= 0.3 is 6.18 Å². The molecule has 3 N–H and O–H groups in total. The van der Waals surface area contributed by atoms with Crippen LogP contribution in [0.3, 0.4) is 0 Å². The standard InChI is InChI=1S/C31H26ClF3N2O5S2/c1-30(38,31(33,34)35)18-13-14-37-22(16-18)20-9-6-7-17-15-24(43-29(17)20)26(19-8-4-5-10-21(19)32)27-25(44(36,39)40)12-11-23(41-2)28(27)42-3/h4-16,26,38H,1-3H3,(H2,36,39,40)/t26-,30+/m1/s1. The molecule has 0 spiro atoms. The van der Waals surface area contributed by atoms with E-state index in [4.69, 9.17) is 26.2 Å². The van der Waals surface area contributed by atoms with Crippen molar-refractivity contribution in [3.8, 4) is 22.8 Å². The molecule has 3 aromatic carbocycles. The van der Waals surface area contributed by atoms with Gasteiger partial charge in [0.25, 0.3) is 0 Å². The van der Waals surface area contributed by atoms with E-state index in [1.807, 2.05) is 12.1 Å². The van der Waals surface area contributed by atoms with Crippen molar-refractivity contribution >= 4 is 43.0 Å². The van der Waals surface area contributed by atoms with Crippen LogP contribution in [0.2, 0.25) is 5.02 Å². The van der Waals surface area contributed by atoms with Crippen molar-refractivity contribution in [1.29, 1.82) is 0 Å². The van der Waals surface area contributed by atoms with Gasteiger partial charge in [-0.05, 0) is 59.8 Å². The molecule has 0 unspecified atom stereocenters. The summed E-state index contributed by atoms with van der Waals surface area (Å²) in [6.07, 6.45) is -3.70. The Labute approximate surface area is 260 Å². The quantitative estimate of drug-likeness (QED) is 0.181. The van der Waals surface area contributed by atoms with Gasteiger partial charge in [-0.25, -0.2) is 13.6 Å². The first-order chi connectivity index (χ1) is 20.7. The number of hydrogen-bond acceptors (Lipinski definition) is 7. The van der Waals surface area contributed by atoms with Crippen LogP contribution in [0.4, 0.5) is 13.2 Å². The van der Waals surface area contributed by atoms with Gasteiger partial charge in [-0.15, -0.1) is 11.3 Å². The molecule has 0 bridgehead atoms. The fourth-order valence-corrected chi connectivity index (χ4v) is 7.42. The number of hydrogen-bond donors (Lipinski definition) is 2. The van der Waals surface area contributed by atoms with Crippen molar-refractivity contribution in [3.63, 3.8) is 0 Å². The second kappa shape index (κ2) is 11.7. The summed E-state index contributed by atoms with van der Waals surface area (Å²) in [4.78, 5) is 4.75. The molecule has 2 aromatic heterocycles. The Kier molecular flexibility index (Phi) is 8.42. The Morgan fingerprint density at radius 2 is 1.73 bits per heavy atom. The predicted molar refractivity (Wildman–Crippen MR) is 164 cm³/mol. The van der Waals surface area contributed by atoms with Crippen LogP contribution < -0.4 is 14.6 Å². The molecule has 5 aromatic rings. The van der Waals surface area contributed by atoms with E-state index in [0.29, 0.717) is 38.0 Å². The van der Waals surface area contributed by atoms with Crippen LogP contribution >= 0.6 is 22.9 Å². The number of aromatic nitrogens is 1. The summed E-state index contributed by atoms with van der Waals surface area (Å²) in [7, 11) is -1.47. The molecule has 0 saturated heterocycles. The highest BCUT2D eigenvalue weighted by molar-refractivity contribution is 7.89. The highest BCUT2D eigenvalue weighted by Gasteiger charge is 2.51. The Bertz CT molecular complexity index is 1980. The first kappa shape index (κ1) is 31.7. The summed E-state index contributed by atoms with van der Waals surface area (Å²) in [6.45, 7) is 0.689. The van der Waals surface area contributed by atoms with E-state index in [2.05, 4.69) is 4.98 Å². The molecule has 230 valence electrons. The Morgan fingerprint density at radius 3 is 2.36 bits per heavy atom. The van der Waals surface area contributed by atoms with Gasteiger partial charge in [-0.1, -0.05) is 48.0 Å². The number of benzene rings is 3. The lowest BCUT2D eigenvalue weighted by Crippen LogP contribution is -2.39. The number of pyridine rings is 1. The Hall–Kier alpha value is -3.68. The zero-order valence-corrected chi connectivity index (χ0v) is 25.9. The van der Waals surface area contributed by atoms with Crippen LogP contribution in [0.25, 0.3) is 21.3 Å². The number of primary sulfonamides is 1. The molecule has 0 aliphatic heterocycles. The molecule has 13 heteroatoms. The van der Waals surface area contributed by atoms with Gasteiger partial charge in [-0.3, -0.25) is 4.98 Å². The fraction of sp³-hybridized carbons (Fsp3) is 0.194. The van der Waals surface area contributed by atoms with E-state index < -0.39 is 27.7 Å². The number of fused-ring (bicyclic) bond motifs is 1. The zero-order chi connectivity index (χ0) is 32.0. The molecule has 7 nitrogen and oxygen atoms in total. The average molecular weight is 663 g/mol. The Morgan fingerprint density at radius 1 is 1.00 bits per heavy atom. The lowest BCUT2D eigenvalue weighted by Gasteiger charge is -2.26. The monoisotopic (exact) mass is 662 g/mol. The highest BCUT2D eigenvalue weighted by Crippen LogP contribution is 2.50. The molecule has 0 aliphatic carbocycles. The maximum Gasteiger partial charge on any atom is 0.421 e. The molecule has 2 heterocycles. The van der Waals surface area contributed by atoms with Crippen LogP contribution in [0.15, 0.2) is 83.9 Å². The smallest absolute Gasteiger partial charge is 0.421 e. The number of ether oxygens (including phenoxy) is 2. The number of methoxy groups -OCH3 is 2. The number of rotatable bonds is 8. The summed E-state index contributed by atoms with van der Waals surface area (Å²) in [5.41, 5.74) is -1.97. The lowest BCUT2D eigenvalue weighted by atomic mass is 9.88. The van der Waals surface area contributed by atoms with Crippen molar-refractivity contribution < 1.29 is 36.2 Å². The number of alkyl halides is 3. The summed E-state index contributed by atoms with van der Waals surface area (Å²) < 4.78 is 78.6. The first-order valence-electron chi connectivity index (χ1n) is 13.0. The summed E-state index contributed by atoms with van der Waals surface area (Å²) in [6, 6.07) is 19.2. The molecule has 0 radical (unpaired) electrons. The van der Waals surface area contributed by atoms with Crippen molar-refractivity contribution in [2.75, 3.05) is 14.2 Å². The molecule has 2 atom stereocenters. The van der Waals surface area contributed by atoms with Crippen LogP contribution in [0.1, 0.15) is 34.4 Å². The number of halogens is 4. The highest BCUT2D eigenvalue weighted by atomic mass is 35.5. The van der Waals surface area contributed by atoms with Crippen LogP contribution in [0.5, 0.6) is 11.5 Å². The molecule has 44 heavy (non-hydrogen) atoms. The fourth-order valence-electron chi connectivity index (χ4n) is 5.09. The maximum atomic E-state index is 13.6. The van der Waals surface area contributed by atoms with Crippen molar-refractivity contribution in [1.82, 2.24) is 4.98 Å².